The predicted molar refractivity (Wildman–Crippen MR) is 82.7 cm³/mol. The number of hydrogen-bond acceptors (Lipinski definition) is 4. The highest BCUT2D eigenvalue weighted by Crippen LogP contribution is 2.27. The summed E-state index contributed by atoms with van der Waals surface area (Å²) in [6, 6.07) is 0.161. The molecule has 0 radical (unpaired) electrons. The van der Waals surface area contributed by atoms with Crippen LogP contribution in [0.15, 0.2) is 0 Å². The monoisotopic (exact) mass is 298 g/mol. The van der Waals surface area contributed by atoms with Crippen molar-refractivity contribution in [1.29, 1.82) is 0 Å². The fraction of sp³-hybridized carbons (Fsp3) is 0.867. The van der Waals surface area contributed by atoms with E-state index in [1.54, 1.807) is 4.90 Å². The summed E-state index contributed by atoms with van der Waals surface area (Å²) in [5.41, 5.74) is 0. The van der Waals surface area contributed by atoms with Crippen LogP contribution >= 0.6 is 11.8 Å². The number of imide groups is 1. The predicted octanol–water partition coefficient (Wildman–Crippen LogP) is 2.18. The van der Waals surface area contributed by atoms with Crippen LogP contribution in [0.25, 0.3) is 0 Å². The fourth-order valence-corrected chi connectivity index (χ4v) is 3.81. The third-order valence-electron chi connectivity index (χ3n) is 4.36. The van der Waals surface area contributed by atoms with Crippen molar-refractivity contribution < 1.29 is 9.59 Å². The molecule has 4 nitrogen and oxygen atoms in total. The minimum atomic E-state index is -0.290. The van der Waals surface area contributed by atoms with E-state index in [4.69, 9.17) is 0 Å². The molecule has 20 heavy (non-hydrogen) atoms. The number of thioether (sulfide) groups is 1. The topological polar surface area (TPSA) is 49.4 Å². The van der Waals surface area contributed by atoms with E-state index in [0.29, 0.717) is 6.42 Å². The molecule has 1 N–H and O–H groups in total. The molecule has 2 aliphatic rings. The Hall–Kier alpha value is -0.550. The minimum Gasteiger partial charge on any atom is -0.303 e. The van der Waals surface area contributed by atoms with Crippen molar-refractivity contribution in [2.24, 2.45) is 0 Å². The first-order chi connectivity index (χ1) is 9.63. The summed E-state index contributed by atoms with van der Waals surface area (Å²) >= 11 is 1.81. The molecule has 0 aromatic carbocycles. The van der Waals surface area contributed by atoms with Crippen molar-refractivity contribution >= 4 is 23.6 Å². The van der Waals surface area contributed by atoms with E-state index in [0.717, 1.165) is 37.9 Å². The zero-order valence-electron chi connectivity index (χ0n) is 12.6. The maximum Gasteiger partial charge on any atom is 0.247 e. The first-order valence-electron chi connectivity index (χ1n) is 7.74. The summed E-state index contributed by atoms with van der Waals surface area (Å²) in [7, 11) is 0. The van der Waals surface area contributed by atoms with Crippen molar-refractivity contribution in [2.75, 3.05) is 12.0 Å². The summed E-state index contributed by atoms with van der Waals surface area (Å²) in [6.45, 7) is 2.09. The Kier molecular flexibility index (Phi) is 5.90. The number of carbonyl (C=O) groups is 2. The van der Waals surface area contributed by atoms with Gasteiger partial charge in [0.15, 0.2) is 0 Å². The van der Waals surface area contributed by atoms with Crippen LogP contribution in [0.5, 0.6) is 0 Å². The van der Waals surface area contributed by atoms with Gasteiger partial charge in [0.2, 0.25) is 11.8 Å². The normalized spacial score (nSPS) is 26.3. The third kappa shape index (κ3) is 3.76. The molecule has 2 atom stereocenters. The first kappa shape index (κ1) is 15.8. The number of carbonyl (C=O) groups excluding carboxylic acids is 2. The summed E-state index contributed by atoms with van der Waals surface area (Å²) in [5.74, 6) is 1.12. The lowest BCUT2D eigenvalue weighted by Gasteiger charge is -2.30. The van der Waals surface area contributed by atoms with Crippen molar-refractivity contribution in [2.45, 2.75) is 70.0 Å². The third-order valence-corrected chi connectivity index (χ3v) is 5.01. The van der Waals surface area contributed by atoms with Crippen LogP contribution in [0.1, 0.15) is 51.9 Å². The van der Waals surface area contributed by atoms with Crippen LogP contribution in [0, 0.1) is 0 Å². The zero-order valence-corrected chi connectivity index (χ0v) is 13.4. The molecule has 2 amide bonds. The van der Waals surface area contributed by atoms with Gasteiger partial charge in [0.05, 0.1) is 12.5 Å². The number of amides is 2. The van der Waals surface area contributed by atoms with Gasteiger partial charge in [0.1, 0.15) is 0 Å². The number of nitrogens with zero attached hydrogens (tertiary/aromatic N) is 1. The van der Waals surface area contributed by atoms with E-state index in [1.165, 1.54) is 6.42 Å². The lowest BCUT2D eigenvalue weighted by Crippen LogP contribution is -2.46. The average Bonchev–Trinajstić information content (AvgIpc) is 2.72. The molecule has 0 spiro atoms. The number of rotatable bonds is 6. The molecule has 114 valence electrons. The highest BCUT2D eigenvalue weighted by molar-refractivity contribution is 7.98. The molecule has 5 heteroatoms. The highest BCUT2D eigenvalue weighted by Gasteiger charge is 2.42. The van der Waals surface area contributed by atoms with Gasteiger partial charge in [-0.1, -0.05) is 19.3 Å². The van der Waals surface area contributed by atoms with Crippen LogP contribution in [0.2, 0.25) is 0 Å². The summed E-state index contributed by atoms with van der Waals surface area (Å²) in [5, 5.41) is 3.34. The second-order valence-corrected chi connectivity index (χ2v) is 6.99. The fourth-order valence-electron chi connectivity index (χ4n) is 3.23. The van der Waals surface area contributed by atoms with E-state index in [1.807, 2.05) is 11.8 Å². The summed E-state index contributed by atoms with van der Waals surface area (Å²) in [6.07, 6.45) is 8.97. The zero-order chi connectivity index (χ0) is 14.5. The van der Waals surface area contributed by atoms with E-state index in [-0.39, 0.29) is 29.9 Å². The highest BCUT2D eigenvalue weighted by atomic mass is 32.2. The molecule has 1 heterocycles. The first-order valence-corrected chi connectivity index (χ1v) is 9.13. The SMILES string of the molecule is CSCCC(C)NC1CC(=O)N(C2CCCCC2)C1=O. The lowest BCUT2D eigenvalue weighted by molar-refractivity contribution is -0.142. The van der Waals surface area contributed by atoms with Crippen LogP contribution in [0.3, 0.4) is 0 Å². The van der Waals surface area contributed by atoms with Crippen molar-refractivity contribution in [3.63, 3.8) is 0 Å². The van der Waals surface area contributed by atoms with Crippen molar-refractivity contribution in [1.82, 2.24) is 10.2 Å². The van der Waals surface area contributed by atoms with Crippen LogP contribution in [0.4, 0.5) is 0 Å². The molecule has 0 aromatic heterocycles. The minimum absolute atomic E-state index is 0.0119. The van der Waals surface area contributed by atoms with Gasteiger partial charge in [-0.3, -0.25) is 14.5 Å². The molecule has 1 saturated heterocycles. The van der Waals surface area contributed by atoms with E-state index in [2.05, 4.69) is 18.5 Å². The van der Waals surface area contributed by atoms with Crippen molar-refractivity contribution in [3.8, 4) is 0 Å². The molecule has 1 aliphatic carbocycles. The standard InChI is InChI=1S/C15H26N2O2S/c1-11(8-9-20-2)16-13-10-14(18)17(15(13)19)12-6-4-3-5-7-12/h11-13,16H,3-10H2,1-2H3. The Morgan fingerprint density at radius 2 is 2.00 bits per heavy atom. The Morgan fingerprint density at radius 1 is 1.30 bits per heavy atom. The lowest BCUT2D eigenvalue weighted by atomic mass is 9.94. The van der Waals surface area contributed by atoms with Crippen LogP contribution in [-0.2, 0) is 9.59 Å². The van der Waals surface area contributed by atoms with E-state index in [9.17, 15) is 9.59 Å². The Morgan fingerprint density at radius 3 is 2.65 bits per heavy atom. The Balaban J connectivity index is 1.90. The second-order valence-electron chi connectivity index (χ2n) is 6.00. The van der Waals surface area contributed by atoms with Crippen LogP contribution in [-0.4, -0.2) is 46.8 Å². The average molecular weight is 298 g/mol. The number of hydrogen-bond donors (Lipinski definition) is 1. The van der Waals surface area contributed by atoms with Crippen LogP contribution < -0.4 is 5.32 Å². The van der Waals surface area contributed by atoms with Gasteiger partial charge in [0.25, 0.3) is 0 Å². The molecule has 1 saturated carbocycles. The molecular formula is C15H26N2O2S. The van der Waals surface area contributed by atoms with Gasteiger partial charge in [-0.05, 0) is 38.2 Å². The molecule has 2 unspecified atom stereocenters. The number of nitrogens with one attached hydrogen (secondary N) is 1. The quantitative estimate of drug-likeness (QED) is 0.764. The molecule has 2 fully saturated rings. The smallest absolute Gasteiger partial charge is 0.247 e. The van der Waals surface area contributed by atoms with E-state index < -0.39 is 0 Å². The van der Waals surface area contributed by atoms with Gasteiger partial charge < -0.3 is 5.32 Å². The second kappa shape index (κ2) is 7.46. The maximum atomic E-state index is 12.5. The molecule has 1 aliphatic heterocycles. The molecular weight excluding hydrogens is 272 g/mol. The largest absolute Gasteiger partial charge is 0.303 e. The van der Waals surface area contributed by atoms with E-state index >= 15 is 0 Å². The summed E-state index contributed by atoms with van der Waals surface area (Å²) < 4.78 is 0. The van der Waals surface area contributed by atoms with Gasteiger partial charge in [-0.25, -0.2) is 0 Å². The molecule has 0 aromatic rings. The van der Waals surface area contributed by atoms with Gasteiger partial charge in [-0.15, -0.1) is 0 Å². The van der Waals surface area contributed by atoms with Gasteiger partial charge in [0, 0.05) is 12.1 Å². The maximum absolute atomic E-state index is 12.5. The molecule has 0 bridgehead atoms. The van der Waals surface area contributed by atoms with Crippen molar-refractivity contribution in [3.05, 3.63) is 0 Å². The summed E-state index contributed by atoms with van der Waals surface area (Å²) in [4.78, 5) is 26.2. The number of likely N-dealkylation sites (tertiary alicyclic amines) is 1. The Labute approximate surface area is 126 Å². The van der Waals surface area contributed by atoms with Gasteiger partial charge in [-0.2, -0.15) is 11.8 Å². The van der Waals surface area contributed by atoms with Gasteiger partial charge >= 0.3 is 0 Å². The Bertz CT molecular complexity index is 356. The molecule has 2 rings (SSSR count).